The molecule has 0 aromatic heterocycles. The maximum Gasteiger partial charge on any atom is 0.303 e. The number of carbonyl (C=O) groups is 1. The SMILES string of the molecule is CO[C@H]1CC(CCC(=O)O)C2C3CCc4cc(OCc5ccccc5)ccc4C3CC[C@@]21C. The van der Waals surface area contributed by atoms with Crippen LogP contribution in [0.5, 0.6) is 5.75 Å². The second-order valence-corrected chi connectivity index (χ2v) is 10.7. The Morgan fingerprint density at radius 2 is 1.97 bits per heavy atom. The molecule has 0 bridgehead atoms. The Morgan fingerprint density at radius 1 is 1.15 bits per heavy atom. The summed E-state index contributed by atoms with van der Waals surface area (Å²) in [6.45, 7) is 3.01. The quantitative estimate of drug-likeness (QED) is 0.546. The van der Waals surface area contributed by atoms with E-state index in [9.17, 15) is 9.90 Å². The molecular weight excluding hydrogens is 412 g/mol. The van der Waals surface area contributed by atoms with Crippen LogP contribution < -0.4 is 4.74 Å². The standard InChI is InChI=1S/C29H36O4/c1-29-15-14-24-23-12-10-22(33-18-19-6-4-3-5-7-19)16-20(23)8-11-25(24)28(29)21(9-13-27(30)31)17-26(29)32-2/h3-7,10,12,16,21,24-26,28H,8-9,11,13-15,17-18H2,1-2H3,(H,30,31)/t21?,24?,25?,26-,28?,29+/m0/s1. The molecule has 0 heterocycles. The number of benzene rings is 2. The molecule has 4 heteroatoms. The van der Waals surface area contributed by atoms with Crippen LogP contribution in [0.25, 0.3) is 0 Å². The first-order valence-electron chi connectivity index (χ1n) is 12.5. The van der Waals surface area contributed by atoms with Crippen molar-refractivity contribution in [2.45, 2.75) is 70.5 Å². The third-order valence-corrected chi connectivity index (χ3v) is 9.02. The van der Waals surface area contributed by atoms with E-state index in [-0.39, 0.29) is 17.9 Å². The number of aliphatic carboxylic acids is 1. The summed E-state index contributed by atoms with van der Waals surface area (Å²) in [4.78, 5) is 11.3. The van der Waals surface area contributed by atoms with Gasteiger partial charge in [-0.1, -0.05) is 43.3 Å². The molecule has 0 amide bonds. The lowest BCUT2D eigenvalue weighted by molar-refractivity contribution is -0.137. The highest BCUT2D eigenvalue weighted by Crippen LogP contribution is 2.64. The fourth-order valence-corrected chi connectivity index (χ4v) is 7.59. The highest BCUT2D eigenvalue weighted by atomic mass is 16.5. The van der Waals surface area contributed by atoms with Crippen molar-refractivity contribution in [3.8, 4) is 5.75 Å². The molecule has 3 aliphatic carbocycles. The van der Waals surface area contributed by atoms with Gasteiger partial charge in [-0.25, -0.2) is 0 Å². The minimum atomic E-state index is -0.679. The second kappa shape index (κ2) is 9.13. The lowest BCUT2D eigenvalue weighted by Gasteiger charge is -2.52. The van der Waals surface area contributed by atoms with Crippen LogP contribution in [0.2, 0.25) is 0 Å². The third kappa shape index (κ3) is 4.19. The van der Waals surface area contributed by atoms with Crippen molar-refractivity contribution in [1.29, 1.82) is 0 Å². The van der Waals surface area contributed by atoms with Crippen molar-refractivity contribution < 1.29 is 19.4 Å². The largest absolute Gasteiger partial charge is 0.489 e. The number of ether oxygens (including phenoxy) is 2. The Kier molecular flexibility index (Phi) is 6.22. The molecule has 4 nitrogen and oxygen atoms in total. The van der Waals surface area contributed by atoms with Crippen molar-refractivity contribution >= 4 is 5.97 Å². The average Bonchev–Trinajstić information content (AvgIpc) is 3.13. The summed E-state index contributed by atoms with van der Waals surface area (Å²) >= 11 is 0. The van der Waals surface area contributed by atoms with E-state index in [2.05, 4.69) is 37.3 Å². The van der Waals surface area contributed by atoms with E-state index in [1.54, 1.807) is 0 Å². The highest BCUT2D eigenvalue weighted by molar-refractivity contribution is 5.66. The van der Waals surface area contributed by atoms with Crippen LogP contribution in [0.1, 0.15) is 68.1 Å². The van der Waals surface area contributed by atoms with Gasteiger partial charge in [-0.05, 0) is 96.4 Å². The second-order valence-electron chi connectivity index (χ2n) is 10.7. The zero-order chi connectivity index (χ0) is 23.0. The Balaban J connectivity index is 1.36. The molecule has 2 aromatic carbocycles. The fraction of sp³-hybridized carbons (Fsp3) is 0.552. The van der Waals surface area contributed by atoms with Crippen molar-refractivity contribution in [2.24, 2.45) is 23.2 Å². The molecule has 1 N–H and O–H groups in total. The zero-order valence-corrected chi connectivity index (χ0v) is 19.8. The summed E-state index contributed by atoms with van der Waals surface area (Å²) in [6.07, 6.45) is 6.91. The molecule has 2 saturated carbocycles. The molecule has 2 fully saturated rings. The van der Waals surface area contributed by atoms with E-state index in [0.29, 0.717) is 30.3 Å². The Bertz CT molecular complexity index is 986. The molecule has 3 aliphatic rings. The van der Waals surface area contributed by atoms with E-state index in [1.165, 1.54) is 29.5 Å². The Labute approximate surface area is 197 Å². The minimum Gasteiger partial charge on any atom is -0.489 e. The molecule has 6 atom stereocenters. The summed E-state index contributed by atoms with van der Waals surface area (Å²) in [5.41, 5.74) is 4.28. The lowest BCUT2D eigenvalue weighted by atomic mass is 9.53. The first-order chi connectivity index (χ1) is 16.0. The minimum absolute atomic E-state index is 0.162. The predicted octanol–water partition coefficient (Wildman–Crippen LogP) is 6.23. The molecule has 2 aromatic rings. The van der Waals surface area contributed by atoms with Gasteiger partial charge in [-0.3, -0.25) is 4.79 Å². The van der Waals surface area contributed by atoms with Gasteiger partial charge in [0.2, 0.25) is 0 Å². The molecule has 5 rings (SSSR count). The summed E-state index contributed by atoms with van der Waals surface area (Å²) in [6, 6.07) is 17.0. The molecular formula is C29H36O4. The molecule has 4 unspecified atom stereocenters. The van der Waals surface area contributed by atoms with Gasteiger partial charge < -0.3 is 14.6 Å². The van der Waals surface area contributed by atoms with Crippen LogP contribution in [0, 0.1) is 23.2 Å². The first-order valence-corrected chi connectivity index (χ1v) is 12.5. The lowest BCUT2D eigenvalue weighted by Crippen LogP contribution is -2.45. The van der Waals surface area contributed by atoms with Gasteiger partial charge in [0.25, 0.3) is 0 Å². The number of hydrogen-bond acceptors (Lipinski definition) is 3. The van der Waals surface area contributed by atoms with Crippen LogP contribution >= 0.6 is 0 Å². The molecule has 0 saturated heterocycles. The predicted molar refractivity (Wildman–Crippen MR) is 128 cm³/mol. The zero-order valence-electron chi connectivity index (χ0n) is 19.8. The van der Waals surface area contributed by atoms with Gasteiger partial charge in [0, 0.05) is 13.5 Å². The fourth-order valence-electron chi connectivity index (χ4n) is 7.59. The van der Waals surface area contributed by atoms with Gasteiger partial charge in [-0.2, -0.15) is 0 Å². The Morgan fingerprint density at radius 3 is 2.73 bits per heavy atom. The van der Waals surface area contributed by atoms with Gasteiger partial charge in [0.15, 0.2) is 0 Å². The molecule has 0 spiro atoms. The van der Waals surface area contributed by atoms with Crippen LogP contribution in [0.15, 0.2) is 48.5 Å². The number of hydrogen-bond donors (Lipinski definition) is 1. The number of carboxylic acids is 1. The van der Waals surface area contributed by atoms with Crippen LogP contribution in [-0.4, -0.2) is 24.3 Å². The van der Waals surface area contributed by atoms with E-state index in [4.69, 9.17) is 9.47 Å². The Hall–Kier alpha value is -2.33. The van der Waals surface area contributed by atoms with Crippen molar-refractivity contribution in [3.05, 3.63) is 65.2 Å². The summed E-state index contributed by atoms with van der Waals surface area (Å²) in [5, 5.41) is 9.32. The number of fused-ring (bicyclic) bond motifs is 5. The highest BCUT2D eigenvalue weighted by Gasteiger charge is 2.58. The summed E-state index contributed by atoms with van der Waals surface area (Å²) in [5.74, 6) is 2.45. The maximum atomic E-state index is 11.3. The van der Waals surface area contributed by atoms with E-state index >= 15 is 0 Å². The smallest absolute Gasteiger partial charge is 0.303 e. The number of carboxylic acid groups (broad SMARTS) is 1. The van der Waals surface area contributed by atoms with E-state index in [0.717, 1.165) is 31.4 Å². The van der Waals surface area contributed by atoms with E-state index < -0.39 is 5.97 Å². The molecule has 0 aliphatic heterocycles. The monoisotopic (exact) mass is 448 g/mol. The third-order valence-electron chi connectivity index (χ3n) is 9.02. The molecule has 0 radical (unpaired) electrons. The normalized spacial score (nSPS) is 32.5. The van der Waals surface area contributed by atoms with Crippen molar-refractivity contribution in [2.75, 3.05) is 7.11 Å². The van der Waals surface area contributed by atoms with Crippen molar-refractivity contribution in [3.63, 3.8) is 0 Å². The van der Waals surface area contributed by atoms with E-state index in [1.807, 2.05) is 25.3 Å². The maximum absolute atomic E-state index is 11.3. The number of aryl methyl sites for hydroxylation is 1. The number of methoxy groups -OCH3 is 1. The molecule has 33 heavy (non-hydrogen) atoms. The summed E-state index contributed by atoms with van der Waals surface area (Å²) in [7, 11) is 1.84. The average molecular weight is 449 g/mol. The van der Waals surface area contributed by atoms with Gasteiger partial charge >= 0.3 is 5.97 Å². The van der Waals surface area contributed by atoms with Gasteiger partial charge in [-0.15, -0.1) is 0 Å². The molecule has 176 valence electrons. The number of rotatable bonds is 7. The van der Waals surface area contributed by atoms with Crippen LogP contribution in [-0.2, 0) is 22.6 Å². The van der Waals surface area contributed by atoms with Crippen molar-refractivity contribution in [1.82, 2.24) is 0 Å². The first kappa shape index (κ1) is 22.5. The summed E-state index contributed by atoms with van der Waals surface area (Å²) < 4.78 is 12.1. The van der Waals surface area contributed by atoms with Crippen LogP contribution in [0.3, 0.4) is 0 Å². The van der Waals surface area contributed by atoms with Gasteiger partial charge in [0.1, 0.15) is 12.4 Å². The van der Waals surface area contributed by atoms with Gasteiger partial charge in [0.05, 0.1) is 6.10 Å². The topological polar surface area (TPSA) is 55.8 Å². The van der Waals surface area contributed by atoms with Crippen LogP contribution in [0.4, 0.5) is 0 Å².